The molecule has 1 atom stereocenters. The summed E-state index contributed by atoms with van der Waals surface area (Å²) < 4.78 is 10.5. The minimum atomic E-state index is -1.70. The summed E-state index contributed by atoms with van der Waals surface area (Å²) in [6.07, 6.45) is 1.40. The lowest BCUT2D eigenvalue weighted by Gasteiger charge is -2.33. The second-order valence-corrected chi connectivity index (χ2v) is 5.52. The van der Waals surface area contributed by atoms with Crippen LogP contribution in [0.3, 0.4) is 0 Å². The van der Waals surface area contributed by atoms with Crippen molar-refractivity contribution in [3.63, 3.8) is 0 Å². The van der Waals surface area contributed by atoms with Gasteiger partial charge >= 0.3 is 5.97 Å². The number of ether oxygens (including phenoxy) is 2. The Morgan fingerprint density at radius 1 is 1.52 bits per heavy atom. The molecule has 7 heteroatoms. The monoisotopic (exact) mass is 337 g/mol. The third-order valence-corrected chi connectivity index (χ3v) is 4.18. The first-order chi connectivity index (χ1) is 12.0. The van der Waals surface area contributed by atoms with Crippen molar-refractivity contribution in [2.75, 3.05) is 11.9 Å². The molecule has 1 aromatic rings. The van der Waals surface area contributed by atoms with Gasteiger partial charge in [-0.15, -0.1) is 0 Å². The number of rotatable bonds is 3. The van der Waals surface area contributed by atoms with Gasteiger partial charge in [-0.25, -0.2) is 4.79 Å². The molecular weight excluding hydrogens is 322 g/mol. The Kier molecular flexibility index (Phi) is 3.81. The van der Waals surface area contributed by atoms with Gasteiger partial charge in [0.05, 0.1) is 0 Å². The van der Waals surface area contributed by atoms with Crippen LogP contribution in [-0.2, 0) is 24.5 Å². The summed E-state index contributed by atoms with van der Waals surface area (Å²) in [5, 5.41) is 12.4. The number of hydrogen-bond acceptors (Lipinski definition) is 6. The Morgan fingerprint density at radius 2 is 2.24 bits per heavy atom. The van der Waals surface area contributed by atoms with Crippen LogP contribution in [0.15, 0.2) is 59.7 Å². The molecule has 3 N–H and O–H groups in total. The fourth-order valence-corrected chi connectivity index (χ4v) is 3.24. The van der Waals surface area contributed by atoms with E-state index in [1.54, 1.807) is 24.3 Å². The number of amides is 1. The maximum absolute atomic E-state index is 13.0. The molecule has 25 heavy (non-hydrogen) atoms. The van der Waals surface area contributed by atoms with Gasteiger partial charge in [-0.3, -0.25) is 4.79 Å². The largest absolute Gasteiger partial charge is 0.458 e. The molecule has 0 saturated heterocycles. The summed E-state index contributed by atoms with van der Waals surface area (Å²) >= 11 is 0. The molecule has 3 rings (SSSR count). The Hall–Kier alpha value is -3.53. The number of carbonyl (C=O) groups excluding carboxylic acids is 2. The number of anilines is 1. The molecule has 7 nitrogen and oxygen atoms in total. The molecule has 126 valence electrons. The topological polar surface area (TPSA) is 114 Å². The zero-order chi connectivity index (χ0) is 18.2. The van der Waals surface area contributed by atoms with Crippen molar-refractivity contribution >= 4 is 17.6 Å². The molecule has 0 aliphatic carbocycles. The van der Waals surface area contributed by atoms with Gasteiger partial charge < -0.3 is 20.5 Å². The van der Waals surface area contributed by atoms with E-state index in [0.29, 0.717) is 11.3 Å². The zero-order valence-electron chi connectivity index (χ0n) is 13.5. The molecule has 0 aromatic heterocycles. The van der Waals surface area contributed by atoms with Crippen LogP contribution in [0.1, 0.15) is 12.5 Å². The van der Waals surface area contributed by atoms with Crippen LogP contribution in [-0.4, -0.2) is 18.5 Å². The van der Waals surface area contributed by atoms with Crippen LogP contribution in [0.5, 0.6) is 0 Å². The molecule has 2 aliphatic rings. The lowest BCUT2D eigenvalue weighted by molar-refractivity contribution is -0.140. The number of nitrogens with two attached hydrogens (primary N) is 1. The summed E-state index contributed by atoms with van der Waals surface area (Å²) in [5.74, 6) is -1.43. The fourth-order valence-electron chi connectivity index (χ4n) is 3.24. The number of benzene rings is 1. The number of nitriles is 1. The fraction of sp³-hybridized carbons (Fsp3) is 0.167. The second-order valence-electron chi connectivity index (χ2n) is 5.52. The first-order valence-corrected chi connectivity index (χ1v) is 7.47. The standard InChI is InChI=1S/C18H15N3O4/c1-3-8-24-16(22)14-10(2)25-15(20)12(9-19)18(14)11-6-4-5-7-13(11)21-17(18)23/h3-7H,1,8,20H2,2H3,(H,21,23)/t18-/m0/s1. The van der Waals surface area contributed by atoms with E-state index < -0.39 is 17.3 Å². The van der Waals surface area contributed by atoms with E-state index in [1.165, 1.54) is 13.0 Å². The van der Waals surface area contributed by atoms with Gasteiger partial charge in [0.1, 0.15) is 29.6 Å². The van der Waals surface area contributed by atoms with E-state index in [2.05, 4.69) is 11.9 Å². The number of hydrogen-bond donors (Lipinski definition) is 2. The molecule has 0 radical (unpaired) electrons. The van der Waals surface area contributed by atoms with Crippen LogP contribution in [0, 0.1) is 11.3 Å². The van der Waals surface area contributed by atoms with Gasteiger partial charge in [0.15, 0.2) is 5.41 Å². The predicted molar refractivity (Wildman–Crippen MR) is 88.5 cm³/mol. The number of allylic oxidation sites excluding steroid dienone is 1. The van der Waals surface area contributed by atoms with Crippen molar-refractivity contribution in [3.05, 3.63) is 65.3 Å². The zero-order valence-corrected chi connectivity index (χ0v) is 13.5. The van der Waals surface area contributed by atoms with Crippen LogP contribution in [0.4, 0.5) is 5.69 Å². The smallest absolute Gasteiger partial charge is 0.339 e. The average molecular weight is 337 g/mol. The summed E-state index contributed by atoms with van der Waals surface area (Å²) in [6, 6.07) is 8.73. The number of nitrogens with one attached hydrogen (secondary N) is 1. The minimum absolute atomic E-state index is 0.0456. The molecular formula is C18H15N3O4. The molecule has 0 fully saturated rings. The molecule has 2 aliphatic heterocycles. The Morgan fingerprint density at radius 3 is 2.92 bits per heavy atom. The van der Waals surface area contributed by atoms with Gasteiger partial charge in [-0.2, -0.15) is 5.26 Å². The van der Waals surface area contributed by atoms with Gasteiger partial charge in [-0.1, -0.05) is 30.9 Å². The highest BCUT2D eigenvalue weighted by Gasteiger charge is 2.59. The minimum Gasteiger partial charge on any atom is -0.458 e. The van der Waals surface area contributed by atoms with Crippen molar-refractivity contribution in [2.24, 2.45) is 5.73 Å². The van der Waals surface area contributed by atoms with E-state index in [1.807, 2.05) is 6.07 Å². The number of fused-ring (bicyclic) bond motifs is 2. The number of esters is 1. The highest BCUT2D eigenvalue weighted by Crippen LogP contribution is 2.51. The average Bonchev–Trinajstić information content (AvgIpc) is 2.86. The second kappa shape index (κ2) is 5.83. The van der Waals surface area contributed by atoms with Crippen LogP contribution < -0.4 is 11.1 Å². The third-order valence-electron chi connectivity index (χ3n) is 4.18. The highest BCUT2D eigenvalue weighted by atomic mass is 16.5. The first-order valence-electron chi connectivity index (χ1n) is 7.47. The predicted octanol–water partition coefficient (Wildman–Crippen LogP) is 1.60. The van der Waals surface area contributed by atoms with Gasteiger partial charge in [-0.05, 0) is 13.0 Å². The lowest BCUT2D eigenvalue weighted by atomic mass is 9.68. The van der Waals surface area contributed by atoms with E-state index in [4.69, 9.17) is 15.2 Å². The van der Waals surface area contributed by atoms with Gasteiger partial charge in [0.25, 0.3) is 0 Å². The Bertz CT molecular complexity index is 907. The molecule has 2 heterocycles. The lowest BCUT2D eigenvalue weighted by Crippen LogP contribution is -2.45. The molecule has 0 bridgehead atoms. The van der Waals surface area contributed by atoms with Gasteiger partial charge in [0, 0.05) is 11.3 Å². The Balaban J connectivity index is 2.33. The van der Waals surface area contributed by atoms with Crippen molar-refractivity contribution in [2.45, 2.75) is 12.3 Å². The van der Waals surface area contributed by atoms with Crippen molar-refractivity contribution < 1.29 is 19.1 Å². The first kappa shape index (κ1) is 16.3. The quantitative estimate of drug-likeness (QED) is 0.639. The maximum atomic E-state index is 13.0. The third kappa shape index (κ3) is 2.11. The molecule has 0 saturated carbocycles. The van der Waals surface area contributed by atoms with Crippen molar-refractivity contribution in [1.82, 2.24) is 0 Å². The Labute approximate surface area is 144 Å². The summed E-state index contributed by atoms with van der Waals surface area (Å²) in [4.78, 5) is 25.7. The SMILES string of the molecule is C=CCOC(=O)C1=C(C)OC(N)=C(C#N)[C@]12C(=O)Nc1ccccc12. The molecule has 1 amide bonds. The maximum Gasteiger partial charge on any atom is 0.339 e. The molecule has 1 spiro atoms. The van der Waals surface area contributed by atoms with Crippen LogP contribution >= 0.6 is 0 Å². The summed E-state index contributed by atoms with van der Waals surface area (Å²) in [7, 11) is 0. The van der Waals surface area contributed by atoms with E-state index in [-0.39, 0.29) is 29.4 Å². The van der Waals surface area contributed by atoms with E-state index >= 15 is 0 Å². The highest BCUT2D eigenvalue weighted by molar-refractivity contribution is 6.17. The number of para-hydroxylation sites is 1. The number of nitrogens with zero attached hydrogens (tertiary/aromatic N) is 1. The van der Waals surface area contributed by atoms with Crippen LogP contribution in [0.2, 0.25) is 0 Å². The van der Waals surface area contributed by atoms with Crippen LogP contribution in [0.25, 0.3) is 0 Å². The number of carbonyl (C=O) groups is 2. The van der Waals surface area contributed by atoms with Crippen molar-refractivity contribution in [3.8, 4) is 6.07 Å². The summed E-state index contributed by atoms with van der Waals surface area (Å²) in [6.45, 7) is 4.95. The summed E-state index contributed by atoms with van der Waals surface area (Å²) in [5.41, 5.74) is 4.90. The van der Waals surface area contributed by atoms with E-state index in [9.17, 15) is 14.9 Å². The molecule has 0 unspecified atom stereocenters. The van der Waals surface area contributed by atoms with Gasteiger partial charge in [0.2, 0.25) is 11.8 Å². The molecule has 1 aromatic carbocycles. The van der Waals surface area contributed by atoms with Crippen molar-refractivity contribution in [1.29, 1.82) is 5.26 Å². The van der Waals surface area contributed by atoms with E-state index in [0.717, 1.165) is 0 Å². The normalized spacial score (nSPS) is 21.4.